The van der Waals surface area contributed by atoms with Crippen LogP contribution in [0.25, 0.3) is 0 Å². The first-order valence-electron chi connectivity index (χ1n) is 6.49. The summed E-state index contributed by atoms with van der Waals surface area (Å²) < 4.78 is 10.4. The van der Waals surface area contributed by atoms with Gasteiger partial charge in [0.2, 0.25) is 11.8 Å². The second kappa shape index (κ2) is 6.74. The van der Waals surface area contributed by atoms with Gasteiger partial charge in [-0.25, -0.2) is 4.98 Å². The quantitative estimate of drug-likeness (QED) is 0.920. The van der Waals surface area contributed by atoms with Crippen LogP contribution < -0.4 is 14.8 Å². The Hall–Kier alpha value is -1.85. The summed E-state index contributed by atoms with van der Waals surface area (Å²) in [5, 5.41) is 3.95. The maximum Gasteiger partial charge on any atom is 0.240 e. The minimum absolute atomic E-state index is 0.169. The van der Waals surface area contributed by atoms with E-state index in [9.17, 15) is 0 Å². The fourth-order valence-electron chi connectivity index (χ4n) is 2.19. The Morgan fingerprint density at radius 3 is 2.62 bits per heavy atom. The molecule has 0 bridgehead atoms. The molecule has 0 fully saturated rings. The molecule has 1 N–H and O–H groups in total. The van der Waals surface area contributed by atoms with Crippen LogP contribution in [-0.4, -0.2) is 31.2 Å². The Kier molecular flexibility index (Phi) is 4.98. The highest BCUT2D eigenvalue weighted by Crippen LogP contribution is 2.32. The van der Waals surface area contributed by atoms with Crippen LogP contribution in [0.1, 0.15) is 22.9 Å². The van der Waals surface area contributed by atoms with Crippen LogP contribution in [0.2, 0.25) is 5.02 Å². The van der Waals surface area contributed by atoms with E-state index in [-0.39, 0.29) is 6.04 Å². The Morgan fingerprint density at radius 1 is 1.24 bits per heavy atom. The van der Waals surface area contributed by atoms with Crippen molar-refractivity contribution in [1.29, 1.82) is 0 Å². The van der Waals surface area contributed by atoms with Crippen molar-refractivity contribution >= 4 is 11.6 Å². The molecule has 0 saturated carbocycles. The van der Waals surface area contributed by atoms with Gasteiger partial charge in [-0.2, -0.15) is 4.98 Å². The normalized spacial score (nSPS) is 12.0. The van der Waals surface area contributed by atoms with Crippen molar-refractivity contribution in [3.63, 3.8) is 0 Å². The van der Waals surface area contributed by atoms with E-state index in [4.69, 9.17) is 21.1 Å². The lowest BCUT2D eigenvalue weighted by Crippen LogP contribution is -2.21. The minimum Gasteiger partial charge on any atom is -0.480 e. The molecule has 112 valence electrons. The number of nitrogens with one attached hydrogen (secondary N) is 1. The van der Waals surface area contributed by atoms with E-state index in [0.717, 1.165) is 11.1 Å². The summed E-state index contributed by atoms with van der Waals surface area (Å²) in [4.78, 5) is 8.70. The smallest absolute Gasteiger partial charge is 0.240 e. The Morgan fingerprint density at radius 2 is 2.00 bits per heavy atom. The molecular weight excluding hydrogens is 290 g/mol. The number of methoxy groups -OCH3 is 2. The number of ether oxygens (including phenoxy) is 2. The molecule has 1 heterocycles. The Labute approximate surface area is 129 Å². The zero-order chi connectivity index (χ0) is 15.4. The molecule has 1 aromatic carbocycles. The van der Waals surface area contributed by atoms with Gasteiger partial charge in [0.1, 0.15) is 5.69 Å². The molecule has 1 unspecified atom stereocenters. The fourth-order valence-corrected chi connectivity index (χ4v) is 2.37. The highest BCUT2D eigenvalue weighted by Gasteiger charge is 2.22. The number of nitrogens with zero attached hydrogens (tertiary/aromatic N) is 2. The summed E-state index contributed by atoms with van der Waals surface area (Å²) in [6.07, 6.45) is 1.57. The third-order valence-electron chi connectivity index (χ3n) is 3.33. The molecule has 0 aliphatic heterocycles. The van der Waals surface area contributed by atoms with Crippen LogP contribution in [0.3, 0.4) is 0 Å². The molecule has 6 heteroatoms. The first-order chi connectivity index (χ1) is 10.1. The lowest BCUT2D eigenvalue weighted by Gasteiger charge is -2.20. The van der Waals surface area contributed by atoms with Crippen molar-refractivity contribution in [3.05, 3.63) is 46.2 Å². The van der Waals surface area contributed by atoms with Gasteiger partial charge in [-0.05, 0) is 31.2 Å². The molecule has 5 nitrogen and oxygen atoms in total. The van der Waals surface area contributed by atoms with Crippen LogP contribution in [0.4, 0.5) is 0 Å². The largest absolute Gasteiger partial charge is 0.480 e. The van der Waals surface area contributed by atoms with Gasteiger partial charge in [-0.1, -0.05) is 23.7 Å². The van der Waals surface area contributed by atoms with Crippen LogP contribution in [0.15, 0.2) is 24.4 Å². The first-order valence-corrected chi connectivity index (χ1v) is 6.87. The van der Waals surface area contributed by atoms with Crippen molar-refractivity contribution in [3.8, 4) is 11.8 Å². The van der Waals surface area contributed by atoms with Gasteiger partial charge < -0.3 is 14.8 Å². The van der Waals surface area contributed by atoms with Gasteiger partial charge in [0.05, 0.1) is 26.5 Å². The number of benzene rings is 1. The molecule has 0 spiro atoms. The molecule has 0 saturated heterocycles. The molecule has 0 aliphatic carbocycles. The van der Waals surface area contributed by atoms with Gasteiger partial charge in [0.15, 0.2) is 0 Å². The standard InChI is InChI=1S/C15H18ClN3O2/c1-9-10(6-5-7-11(9)16)13(17-2)14-15(21-4)19-12(20-3)8-18-14/h5-8,13,17H,1-4H3. The van der Waals surface area contributed by atoms with Crippen molar-refractivity contribution in [2.45, 2.75) is 13.0 Å². The highest BCUT2D eigenvalue weighted by atomic mass is 35.5. The predicted molar refractivity (Wildman–Crippen MR) is 82.2 cm³/mol. The molecule has 21 heavy (non-hydrogen) atoms. The molecule has 1 aromatic heterocycles. The minimum atomic E-state index is -0.169. The average molecular weight is 308 g/mol. The van der Waals surface area contributed by atoms with Crippen LogP contribution in [0.5, 0.6) is 11.8 Å². The summed E-state index contributed by atoms with van der Waals surface area (Å²) in [5.74, 6) is 0.835. The van der Waals surface area contributed by atoms with Gasteiger partial charge >= 0.3 is 0 Å². The van der Waals surface area contributed by atoms with E-state index in [1.807, 2.05) is 32.2 Å². The second-order valence-electron chi connectivity index (χ2n) is 4.48. The Bertz CT molecular complexity index is 634. The van der Waals surface area contributed by atoms with E-state index in [2.05, 4.69) is 15.3 Å². The third-order valence-corrected chi connectivity index (χ3v) is 3.74. The van der Waals surface area contributed by atoms with Crippen LogP contribution in [-0.2, 0) is 0 Å². The second-order valence-corrected chi connectivity index (χ2v) is 4.89. The van der Waals surface area contributed by atoms with Crippen molar-refractivity contribution in [2.24, 2.45) is 0 Å². The van der Waals surface area contributed by atoms with Gasteiger partial charge in [0, 0.05) is 5.02 Å². The first kappa shape index (κ1) is 15.5. The molecule has 0 amide bonds. The van der Waals surface area contributed by atoms with Crippen molar-refractivity contribution < 1.29 is 9.47 Å². The van der Waals surface area contributed by atoms with E-state index in [1.165, 1.54) is 0 Å². The summed E-state index contributed by atoms with van der Waals surface area (Å²) in [5.41, 5.74) is 2.71. The van der Waals surface area contributed by atoms with Crippen molar-refractivity contribution in [1.82, 2.24) is 15.3 Å². The summed E-state index contributed by atoms with van der Waals surface area (Å²) in [6.45, 7) is 1.98. The van der Waals surface area contributed by atoms with E-state index < -0.39 is 0 Å². The molecule has 2 rings (SSSR count). The summed E-state index contributed by atoms with van der Waals surface area (Å²) >= 11 is 6.21. The van der Waals surface area contributed by atoms with Crippen LogP contribution in [0, 0.1) is 6.92 Å². The maximum atomic E-state index is 6.21. The summed E-state index contributed by atoms with van der Waals surface area (Å²) in [6, 6.07) is 5.62. The number of halogens is 1. The highest BCUT2D eigenvalue weighted by molar-refractivity contribution is 6.31. The summed E-state index contributed by atoms with van der Waals surface area (Å²) in [7, 11) is 4.96. The SMILES string of the molecule is CNC(c1cccc(Cl)c1C)c1ncc(OC)nc1OC. The van der Waals surface area contributed by atoms with Gasteiger partial charge in [-0.15, -0.1) is 0 Å². The number of hydrogen-bond acceptors (Lipinski definition) is 5. The van der Waals surface area contributed by atoms with E-state index >= 15 is 0 Å². The topological polar surface area (TPSA) is 56.3 Å². The van der Waals surface area contributed by atoms with E-state index in [0.29, 0.717) is 22.5 Å². The molecular formula is C15H18ClN3O2. The molecule has 0 radical (unpaired) electrons. The van der Waals surface area contributed by atoms with Crippen LogP contribution >= 0.6 is 11.6 Å². The van der Waals surface area contributed by atoms with Crippen molar-refractivity contribution in [2.75, 3.05) is 21.3 Å². The average Bonchev–Trinajstić information content (AvgIpc) is 2.52. The fraction of sp³-hybridized carbons (Fsp3) is 0.333. The zero-order valence-electron chi connectivity index (χ0n) is 12.5. The Balaban J connectivity index is 2.53. The number of hydrogen-bond donors (Lipinski definition) is 1. The maximum absolute atomic E-state index is 6.21. The number of aromatic nitrogens is 2. The predicted octanol–water partition coefficient (Wildman–Crippen LogP) is 2.76. The van der Waals surface area contributed by atoms with Gasteiger partial charge in [-0.3, -0.25) is 0 Å². The zero-order valence-corrected chi connectivity index (χ0v) is 13.2. The molecule has 2 aromatic rings. The number of rotatable bonds is 5. The lowest BCUT2D eigenvalue weighted by molar-refractivity contribution is 0.353. The van der Waals surface area contributed by atoms with Gasteiger partial charge in [0.25, 0.3) is 0 Å². The van der Waals surface area contributed by atoms with E-state index in [1.54, 1.807) is 20.4 Å². The third kappa shape index (κ3) is 3.09. The monoisotopic (exact) mass is 307 g/mol. The lowest BCUT2D eigenvalue weighted by atomic mass is 9.98. The molecule has 1 atom stereocenters. The molecule has 0 aliphatic rings.